The van der Waals surface area contributed by atoms with Gasteiger partial charge in [0.25, 0.3) is 5.91 Å². The molecule has 1 atom stereocenters. The standard InChI is InChI=1S/C21H25N5O2/c1-3-18(14-28-13-15-7-5-4-6-8-15)25-21(27)19-9-16(10-23-20(19)22)17-11-24-26(2)12-17/h4-12,18H,3,13-14H2,1-2H3,(H2,22,23)(H,25,27)/t18-/m1/s1. The minimum absolute atomic E-state index is 0.113. The molecule has 0 unspecified atom stereocenters. The lowest BCUT2D eigenvalue weighted by Gasteiger charge is -2.18. The van der Waals surface area contributed by atoms with E-state index >= 15 is 0 Å². The van der Waals surface area contributed by atoms with E-state index in [-0.39, 0.29) is 17.8 Å². The predicted octanol–water partition coefficient (Wildman–Crippen LogP) is 2.79. The van der Waals surface area contributed by atoms with Crippen LogP contribution in [0.3, 0.4) is 0 Å². The zero-order valence-corrected chi connectivity index (χ0v) is 16.1. The van der Waals surface area contributed by atoms with Gasteiger partial charge in [-0.3, -0.25) is 9.48 Å². The van der Waals surface area contributed by atoms with Gasteiger partial charge in [0.15, 0.2) is 0 Å². The van der Waals surface area contributed by atoms with E-state index in [2.05, 4.69) is 15.4 Å². The van der Waals surface area contributed by atoms with E-state index in [9.17, 15) is 4.79 Å². The van der Waals surface area contributed by atoms with Crippen molar-refractivity contribution in [2.24, 2.45) is 7.05 Å². The fraction of sp³-hybridized carbons (Fsp3) is 0.286. The number of anilines is 1. The summed E-state index contributed by atoms with van der Waals surface area (Å²) in [5.74, 6) is -0.0592. The van der Waals surface area contributed by atoms with Crippen LogP contribution in [0.15, 0.2) is 55.0 Å². The lowest BCUT2D eigenvalue weighted by molar-refractivity contribution is 0.0792. The van der Waals surface area contributed by atoms with E-state index in [0.29, 0.717) is 18.8 Å². The molecule has 0 aliphatic rings. The molecule has 7 heteroatoms. The van der Waals surface area contributed by atoms with E-state index in [1.807, 2.05) is 50.5 Å². The zero-order chi connectivity index (χ0) is 19.9. The number of amides is 1. The lowest BCUT2D eigenvalue weighted by Crippen LogP contribution is -2.38. The van der Waals surface area contributed by atoms with E-state index in [1.54, 1.807) is 23.1 Å². The van der Waals surface area contributed by atoms with Crippen molar-refractivity contribution >= 4 is 11.7 Å². The first-order chi connectivity index (χ1) is 13.6. The molecule has 146 valence electrons. The Hall–Kier alpha value is -3.19. The largest absolute Gasteiger partial charge is 0.383 e. The van der Waals surface area contributed by atoms with Crippen molar-refractivity contribution in [3.8, 4) is 11.1 Å². The summed E-state index contributed by atoms with van der Waals surface area (Å²) in [7, 11) is 1.84. The first kappa shape index (κ1) is 19.6. The van der Waals surface area contributed by atoms with Crippen molar-refractivity contribution in [1.82, 2.24) is 20.1 Å². The smallest absolute Gasteiger partial charge is 0.255 e. The van der Waals surface area contributed by atoms with E-state index in [1.165, 1.54) is 0 Å². The van der Waals surface area contributed by atoms with Crippen LogP contribution in [0.2, 0.25) is 0 Å². The summed E-state index contributed by atoms with van der Waals surface area (Å²) >= 11 is 0. The van der Waals surface area contributed by atoms with Crippen molar-refractivity contribution in [2.45, 2.75) is 26.0 Å². The molecule has 28 heavy (non-hydrogen) atoms. The van der Waals surface area contributed by atoms with Crippen LogP contribution in [0.5, 0.6) is 0 Å². The lowest BCUT2D eigenvalue weighted by atomic mass is 10.1. The monoisotopic (exact) mass is 379 g/mol. The maximum Gasteiger partial charge on any atom is 0.255 e. The number of nitrogen functional groups attached to an aromatic ring is 1. The fourth-order valence-corrected chi connectivity index (χ4v) is 2.80. The number of aryl methyl sites for hydroxylation is 1. The third-order valence-electron chi connectivity index (χ3n) is 4.46. The third-order valence-corrected chi connectivity index (χ3v) is 4.46. The van der Waals surface area contributed by atoms with Gasteiger partial charge in [-0.1, -0.05) is 37.3 Å². The Bertz CT molecular complexity index is 924. The number of nitrogens with zero attached hydrogens (tertiary/aromatic N) is 3. The topological polar surface area (TPSA) is 95.1 Å². The Morgan fingerprint density at radius 1 is 1.25 bits per heavy atom. The van der Waals surface area contributed by atoms with Gasteiger partial charge in [-0.2, -0.15) is 5.10 Å². The fourth-order valence-electron chi connectivity index (χ4n) is 2.80. The summed E-state index contributed by atoms with van der Waals surface area (Å²) in [5, 5.41) is 7.14. The van der Waals surface area contributed by atoms with Crippen molar-refractivity contribution in [2.75, 3.05) is 12.3 Å². The van der Waals surface area contributed by atoms with Gasteiger partial charge in [0, 0.05) is 30.6 Å². The maximum absolute atomic E-state index is 12.7. The highest BCUT2D eigenvalue weighted by molar-refractivity contribution is 5.99. The zero-order valence-electron chi connectivity index (χ0n) is 16.1. The molecule has 3 aromatic rings. The maximum atomic E-state index is 12.7. The molecule has 0 fully saturated rings. The first-order valence-corrected chi connectivity index (χ1v) is 9.24. The second kappa shape index (κ2) is 9.14. The average Bonchev–Trinajstić information content (AvgIpc) is 3.14. The number of aromatic nitrogens is 3. The average molecular weight is 379 g/mol. The second-order valence-electron chi connectivity index (χ2n) is 6.64. The molecule has 1 amide bonds. The van der Waals surface area contributed by atoms with Gasteiger partial charge in [-0.05, 0) is 18.1 Å². The van der Waals surface area contributed by atoms with Crippen molar-refractivity contribution in [1.29, 1.82) is 0 Å². The van der Waals surface area contributed by atoms with Gasteiger partial charge in [0.2, 0.25) is 0 Å². The van der Waals surface area contributed by atoms with Crippen LogP contribution in [0.4, 0.5) is 5.82 Å². The van der Waals surface area contributed by atoms with Gasteiger partial charge in [-0.15, -0.1) is 0 Å². The van der Waals surface area contributed by atoms with Gasteiger partial charge >= 0.3 is 0 Å². The number of benzene rings is 1. The molecule has 0 saturated carbocycles. The molecule has 0 aliphatic heterocycles. The van der Waals surface area contributed by atoms with Crippen LogP contribution in [0.25, 0.3) is 11.1 Å². The van der Waals surface area contributed by atoms with Crippen molar-refractivity contribution < 1.29 is 9.53 Å². The Kier molecular flexibility index (Phi) is 6.39. The molecule has 1 aromatic carbocycles. The van der Waals surface area contributed by atoms with Gasteiger partial charge in [-0.25, -0.2) is 4.98 Å². The van der Waals surface area contributed by atoms with Crippen LogP contribution in [0.1, 0.15) is 29.3 Å². The molecule has 2 aromatic heterocycles. The Balaban J connectivity index is 1.63. The minimum atomic E-state index is -0.258. The molecule has 0 spiro atoms. The molecule has 3 rings (SSSR count). The number of carbonyl (C=O) groups is 1. The first-order valence-electron chi connectivity index (χ1n) is 9.24. The summed E-state index contributed by atoms with van der Waals surface area (Å²) in [5.41, 5.74) is 9.06. The molecule has 3 N–H and O–H groups in total. The number of carbonyl (C=O) groups excluding carboxylic acids is 1. The van der Waals surface area contributed by atoms with Gasteiger partial charge in [0.1, 0.15) is 5.82 Å². The van der Waals surface area contributed by atoms with Gasteiger partial charge < -0.3 is 15.8 Å². The normalized spacial score (nSPS) is 11.9. The summed E-state index contributed by atoms with van der Waals surface area (Å²) in [6, 6.07) is 11.6. The Morgan fingerprint density at radius 2 is 2.04 bits per heavy atom. The van der Waals surface area contributed by atoms with E-state index in [0.717, 1.165) is 23.1 Å². The van der Waals surface area contributed by atoms with Crippen LogP contribution < -0.4 is 11.1 Å². The second-order valence-corrected chi connectivity index (χ2v) is 6.64. The predicted molar refractivity (Wildman–Crippen MR) is 108 cm³/mol. The number of ether oxygens (including phenoxy) is 1. The third kappa shape index (κ3) is 4.95. The number of pyridine rings is 1. The Morgan fingerprint density at radius 3 is 2.71 bits per heavy atom. The number of rotatable bonds is 8. The SMILES string of the molecule is CC[C@H](COCc1ccccc1)NC(=O)c1cc(-c2cnn(C)c2)cnc1N. The van der Waals surface area contributed by atoms with Gasteiger partial charge in [0.05, 0.1) is 31.0 Å². The quantitative estimate of drug-likeness (QED) is 0.627. The highest BCUT2D eigenvalue weighted by Crippen LogP contribution is 2.21. The number of nitrogens with two attached hydrogens (primary N) is 1. The summed E-state index contributed by atoms with van der Waals surface area (Å²) in [6.07, 6.45) is 5.97. The van der Waals surface area contributed by atoms with Crippen molar-refractivity contribution in [3.63, 3.8) is 0 Å². The highest BCUT2D eigenvalue weighted by atomic mass is 16.5. The highest BCUT2D eigenvalue weighted by Gasteiger charge is 2.17. The summed E-state index contributed by atoms with van der Waals surface area (Å²) in [6.45, 7) is 2.94. The van der Waals surface area contributed by atoms with Crippen molar-refractivity contribution in [3.05, 3.63) is 66.1 Å². The van der Waals surface area contributed by atoms with Crippen LogP contribution >= 0.6 is 0 Å². The number of hydrogen-bond donors (Lipinski definition) is 2. The van der Waals surface area contributed by atoms with E-state index < -0.39 is 0 Å². The molecule has 0 saturated heterocycles. The molecule has 2 heterocycles. The molecular weight excluding hydrogens is 354 g/mol. The summed E-state index contributed by atoms with van der Waals surface area (Å²) < 4.78 is 7.46. The van der Waals surface area contributed by atoms with Crippen LogP contribution in [-0.2, 0) is 18.4 Å². The molecular formula is C21H25N5O2. The number of nitrogens with one attached hydrogen (secondary N) is 1. The van der Waals surface area contributed by atoms with E-state index in [4.69, 9.17) is 10.5 Å². The van der Waals surface area contributed by atoms with Crippen LogP contribution in [0, 0.1) is 0 Å². The summed E-state index contributed by atoms with van der Waals surface area (Å²) in [4.78, 5) is 16.9. The minimum Gasteiger partial charge on any atom is -0.383 e. The molecule has 0 aliphatic carbocycles. The Labute approximate surface area is 164 Å². The molecule has 0 bridgehead atoms. The molecule has 7 nitrogen and oxygen atoms in total. The van der Waals surface area contributed by atoms with Crippen LogP contribution in [-0.4, -0.2) is 33.3 Å². The molecule has 0 radical (unpaired) electrons. The number of hydrogen-bond acceptors (Lipinski definition) is 5.